The van der Waals surface area contributed by atoms with Gasteiger partial charge in [-0.3, -0.25) is 0 Å². The van der Waals surface area contributed by atoms with Gasteiger partial charge in [0.2, 0.25) is 0 Å². The Morgan fingerprint density at radius 1 is 0.824 bits per heavy atom. The van der Waals surface area contributed by atoms with Crippen molar-refractivity contribution in [3.05, 3.63) is 48.0 Å². The molecule has 0 fully saturated rings. The predicted molar refractivity (Wildman–Crippen MR) is 69.2 cm³/mol. The molecule has 0 saturated carbocycles. The van der Waals surface area contributed by atoms with Crippen molar-refractivity contribution in [3.63, 3.8) is 0 Å². The first-order valence-electron chi connectivity index (χ1n) is 5.82. The Hall–Kier alpha value is -1.96. The number of benzene rings is 2. The molecule has 2 aromatic carbocycles. The second-order valence-electron chi connectivity index (χ2n) is 4.15. The Bertz CT molecular complexity index is 501. The summed E-state index contributed by atoms with van der Waals surface area (Å²) in [6.45, 7) is 2.16. The van der Waals surface area contributed by atoms with Crippen LogP contribution in [0, 0.1) is 0 Å². The number of phenolic OH excluding ortho intramolecular Hbond substituents is 2. The molecule has 0 unspecified atom stereocenters. The number of aryl methyl sites for hydroxylation is 1. The largest absolute Gasteiger partial charge is 0.504 e. The van der Waals surface area contributed by atoms with Crippen LogP contribution in [0.1, 0.15) is 18.9 Å². The van der Waals surface area contributed by atoms with Crippen molar-refractivity contribution >= 4 is 0 Å². The highest BCUT2D eigenvalue weighted by Crippen LogP contribution is 2.30. The molecule has 2 N–H and O–H groups in total. The Morgan fingerprint density at radius 3 is 2.06 bits per heavy atom. The zero-order valence-corrected chi connectivity index (χ0v) is 9.85. The summed E-state index contributed by atoms with van der Waals surface area (Å²) < 4.78 is 0. The van der Waals surface area contributed by atoms with E-state index >= 15 is 0 Å². The van der Waals surface area contributed by atoms with Gasteiger partial charge in [-0.15, -0.1) is 0 Å². The lowest BCUT2D eigenvalue weighted by Crippen LogP contribution is -1.83. The number of hydrogen-bond acceptors (Lipinski definition) is 2. The van der Waals surface area contributed by atoms with E-state index in [1.165, 1.54) is 11.6 Å². The molecule has 0 amide bonds. The summed E-state index contributed by atoms with van der Waals surface area (Å²) in [4.78, 5) is 0. The van der Waals surface area contributed by atoms with Crippen LogP contribution >= 0.6 is 0 Å². The highest BCUT2D eigenvalue weighted by molar-refractivity contribution is 5.67. The van der Waals surface area contributed by atoms with Gasteiger partial charge in [-0.25, -0.2) is 0 Å². The molecule has 2 aromatic rings. The molecule has 0 saturated heterocycles. The first-order valence-corrected chi connectivity index (χ1v) is 5.82. The third-order valence-corrected chi connectivity index (χ3v) is 2.80. The molecule has 88 valence electrons. The predicted octanol–water partition coefficient (Wildman–Crippen LogP) is 3.72. The Kier molecular flexibility index (Phi) is 3.33. The maximum absolute atomic E-state index is 9.45. The van der Waals surface area contributed by atoms with Crippen LogP contribution in [0.4, 0.5) is 0 Å². The Balaban J connectivity index is 2.30. The highest BCUT2D eigenvalue weighted by Gasteiger charge is 2.02. The molecule has 0 bridgehead atoms. The van der Waals surface area contributed by atoms with Crippen molar-refractivity contribution < 1.29 is 10.2 Å². The first-order chi connectivity index (χ1) is 8.20. The number of hydrogen-bond donors (Lipinski definition) is 2. The van der Waals surface area contributed by atoms with Gasteiger partial charge >= 0.3 is 0 Å². The molecule has 2 rings (SSSR count). The second kappa shape index (κ2) is 4.91. The van der Waals surface area contributed by atoms with E-state index in [4.69, 9.17) is 0 Å². The summed E-state index contributed by atoms with van der Waals surface area (Å²) in [7, 11) is 0. The zero-order chi connectivity index (χ0) is 12.3. The van der Waals surface area contributed by atoms with Gasteiger partial charge in [-0.1, -0.05) is 43.7 Å². The summed E-state index contributed by atoms with van der Waals surface area (Å²) >= 11 is 0. The van der Waals surface area contributed by atoms with Crippen LogP contribution in [0.25, 0.3) is 11.1 Å². The normalized spacial score (nSPS) is 10.4. The van der Waals surface area contributed by atoms with Gasteiger partial charge < -0.3 is 10.2 Å². The monoisotopic (exact) mass is 228 g/mol. The van der Waals surface area contributed by atoms with Crippen molar-refractivity contribution in [3.8, 4) is 22.6 Å². The van der Waals surface area contributed by atoms with E-state index in [0.717, 1.165) is 24.0 Å². The van der Waals surface area contributed by atoms with Crippen LogP contribution in [0.3, 0.4) is 0 Å². The fraction of sp³-hybridized carbons (Fsp3) is 0.200. The number of rotatable bonds is 3. The van der Waals surface area contributed by atoms with E-state index in [1.54, 1.807) is 12.1 Å². The maximum atomic E-state index is 9.45. The maximum Gasteiger partial charge on any atom is 0.158 e. The molecular weight excluding hydrogens is 212 g/mol. The van der Waals surface area contributed by atoms with Gasteiger partial charge in [0.1, 0.15) is 0 Å². The minimum Gasteiger partial charge on any atom is -0.504 e. The van der Waals surface area contributed by atoms with Crippen LogP contribution in [-0.4, -0.2) is 10.2 Å². The van der Waals surface area contributed by atoms with Crippen molar-refractivity contribution in [1.82, 2.24) is 0 Å². The molecule has 2 nitrogen and oxygen atoms in total. The molecule has 0 aliphatic heterocycles. The molecule has 17 heavy (non-hydrogen) atoms. The smallest absolute Gasteiger partial charge is 0.158 e. The van der Waals surface area contributed by atoms with E-state index in [-0.39, 0.29) is 11.5 Å². The highest BCUT2D eigenvalue weighted by atomic mass is 16.3. The quantitative estimate of drug-likeness (QED) is 0.786. The topological polar surface area (TPSA) is 40.5 Å². The molecule has 0 radical (unpaired) electrons. The van der Waals surface area contributed by atoms with Gasteiger partial charge in [0.05, 0.1) is 0 Å². The van der Waals surface area contributed by atoms with Crippen molar-refractivity contribution in [2.75, 3.05) is 0 Å². The van der Waals surface area contributed by atoms with Crippen LogP contribution in [0.2, 0.25) is 0 Å². The van der Waals surface area contributed by atoms with E-state index in [2.05, 4.69) is 19.1 Å². The standard InChI is InChI=1S/C15H16O2/c1-2-3-11-4-6-12(7-5-11)13-8-9-14(16)15(17)10-13/h4-10,16-17H,2-3H2,1H3. The number of phenols is 2. The third-order valence-electron chi connectivity index (χ3n) is 2.80. The molecule has 0 atom stereocenters. The number of aromatic hydroxyl groups is 2. The van der Waals surface area contributed by atoms with Gasteiger partial charge in [0.25, 0.3) is 0 Å². The van der Waals surface area contributed by atoms with Gasteiger partial charge in [-0.2, -0.15) is 0 Å². The molecule has 0 spiro atoms. The summed E-state index contributed by atoms with van der Waals surface area (Å²) in [5.41, 5.74) is 3.27. The minimum atomic E-state index is -0.0867. The van der Waals surface area contributed by atoms with E-state index in [9.17, 15) is 10.2 Å². The summed E-state index contributed by atoms with van der Waals surface area (Å²) in [5.74, 6) is -0.170. The lowest BCUT2D eigenvalue weighted by molar-refractivity contribution is 0.404. The molecule has 0 aliphatic carbocycles. The van der Waals surface area contributed by atoms with Crippen molar-refractivity contribution in [2.45, 2.75) is 19.8 Å². The summed E-state index contributed by atoms with van der Waals surface area (Å²) in [6, 6.07) is 13.2. The van der Waals surface area contributed by atoms with Crippen molar-refractivity contribution in [1.29, 1.82) is 0 Å². The Morgan fingerprint density at radius 2 is 1.47 bits per heavy atom. The SMILES string of the molecule is CCCc1ccc(-c2ccc(O)c(O)c2)cc1. The fourth-order valence-corrected chi connectivity index (χ4v) is 1.86. The molecule has 2 heteroatoms. The van der Waals surface area contributed by atoms with E-state index < -0.39 is 0 Å². The van der Waals surface area contributed by atoms with Crippen molar-refractivity contribution in [2.24, 2.45) is 0 Å². The average molecular weight is 228 g/mol. The second-order valence-corrected chi connectivity index (χ2v) is 4.15. The van der Waals surface area contributed by atoms with Gasteiger partial charge in [0, 0.05) is 0 Å². The summed E-state index contributed by atoms with van der Waals surface area (Å²) in [6.07, 6.45) is 2.22. The van der Waals surface area contributed by atoms with Crippen LogP contribution in [0.15, 0.2) is 42.5 Å². The lowest BCUT2D eigenvalue weighted by Gasteiger charge is -2.05. The Labute approximate surface area is 101 Å². The molecule has 0 heterocycles. The fourth-order valence-electron chi connectivity index (χ4n) is 1.86. The lowest BCUT2D eigenvalue weighted by atomic mass is 10.0. The minimum absolute atomic E-state index is 0.0832. The zero-order valence-electron chi connectivity index (χ0n) is 9.85. The molecular formula is C15H16O2. The van der Waals surface area contributed by atoms with Crippen LogP contribution in [0.5, 0.6) is 11.5 Å². The van der Waals surface area contributed by atoms with E-state index in [1.807, 2.05) is 12.1 Å². The first kappa shape index (κ1) is 11.5. The average Bonchev–Trinajstić information content (AvgIpc) is 2.34. The van der Waals surface area contributed by atoms with Crippen LogP contribution < -0.4 is 0 Å². The van der Waals surface area contributed by atoms with Gasteiger partial charge in [0.15, 0.2) is 11.5 Å². The molecule has 0 aromatic heterocycles. The van der Waals surface area contributed by atoms with Crippen LogP contribution in [-0.2, 0) is 6.42 Å². The van der Waals surface area contributed by atoms with E-state index in [0.29, 0.717) is 0 Å². The molecule has 0 aliphatic rings. The third kappa shape index (κ3) is 2.59. The summed E-state index contributed by atoms with van der Waals surface area (Å²) in [5, 5.41) is 18.7. The van der Waals surface area contributed by atoms with Gasteiger partial charge in [-0.05, 0) is 35.2 Å².